The van der Waals surface area contributed by atoms with Gasteiger partial charge >= 0.3 is 0 Å². The number of nitrogens with zero attached hydrogens (tertiary/aromatic N) is 2. The fraction of sp³-hybridized carbons (Fsp3) is 0.347. The Morgan fingerprint density at radius 2 is 1.24 bits per heavy atom. The third kappa shape index (κ3) is 5.69. The van der Waals surface area contributed by atoms with Crippen LogP contribution in [0.15, 0.2) is 84.9 Å². The average Bonchev–Trinajstić information content (AvgIpc) is 3.34. The molecule has 9 rings (SSSR count). The highest BCUT2D eigenvalue weighted by Crippen LogP contribution is 2.52. The van der Waals surface area contributed by atoms with Crippen LogP contribution in [-0.4, -0.2) is 19.9 Å². The van der Waals surface area contributed by atoms with E-state index in [9.17, 15) is 0 Å². The summed E-state index contributed by atoms with van der Waals surface area (Å²) >= 11 is 1.92. The molecule has 0 aliphatic carbocycles. The van der Waals surface area contributed by atoms with Gasteiger partial charge < -0.3 is 19.3 Å². The highest BCUT2D eigenvalue weighted by Gasteiger charge is 2.46. The monoisotopic (exact) mass is 744 g/mol. The molecule has 0 spiro atoms. The predicted molar refractivity (Wildman–Crippen MR) is 237 cm³/mol. The summed E-state index contributed by atoms with van der Waals surface area (Å²) in [7, 11) is 0. The molecule has 0 atom stereocenters. The van der Waals surface area contributed by atoms with E-state index < -0.39 is 0 Å². The van der Waals surface area contributed by atoms with Crippen molar-refractivity contribution in [3.63, 3.8) is 0 Å². The van der Waals surface area contributed by atoms with Gasteiger partial charge in [-0.2, -0.15) is 0 Å². The van der Waals surface area contributed by atoms with Crippen LogP contribution < -0.4 is 35.7 Å². The zero-order valence-corrected chi connectivity index (χ0v) is 35.2. The summed E-state index contributed by atoms with van der Waals surface area (Å²) in [6.07, 6.45) is 0.874. The number of ether oxygens (including phenoxy) is 2. The Hall–Kier alpha value is -4.68. The first kappa shape index (κ1) is 36.0. The molecule has 6 aromatic rings. The molecule has 280 valence electrons. The van der Waals surface area contributed by atoms with Crippen molar-refractivity contribution in [1.82, 2.24) is 0 Å². The summed E-state index contributed by atoms with van der Waals surface area (Å²) < 4.78 is 14.1. The minimum atomic E-state index is -0.00813. The van der Waals surface area contributed by atoms with Gasteiger partial charge in [0.1, 0.15) is 0 Å². The highest BCUT2D eigenvalue weighted by atomic mass is 32.1. The molecule has 0 saturated heterocycles. The Balaban J connectivity index is 1.39. The van der Waals surface area contributed by atoms with Crippen LogP contribution in [0.3, 0.4) is 0 Å². The Bertz CT molecular complexity index is 2510. The molecule has 0 N–H and O–H groups in total. The van der Waals surface area contributed by atoms with Crippen LogP contribution in [-0.2, 0) is 16.2 Å². The lowest BCUT2D eigenvalue weighted by molar-refractivity contribution is 0.296. The summed E-state index contributed by atoms with van der Waals surface area (Å²) in [6.45, 7) is 26.7. The molecule has 3 aliphatic heterocycles. The molecular formula is C49H53BN2O2S. The van der Waals surface area contributed by atoms with Crippen molar-refractivity contribution in [2.24, 2.45) is 0 Å². The molecule has 4 heterocycles. The van der Waals surface area contributed by atoms with Crippen molar-refractivity contribution >= 4 is 78.0 Å². The van der Waals surface area contributed by atoms with E-state index in [4.69, 9.17) is 9.47 Å². The summed E-state index contributed by atoms with van der Waals surface area (Å²) in [5.74, 6) is 1.71. The van der Waals surface area contributed by atoms with Gasteiger partial charge in [0.25, 0.3) is 6.71 Å². The molecular weight excluding hydrogens is 691 g/mol. The number of rotatable bonds is 2. The van der Waals surface area contributed by atoms with Crippen molar-refractivity contribution in [2.75, 3.05) is 23.0 Å². The van der Waals surface area contributed by atoms with Crippen LogP contribution in [0.5, 0.6) is 11.5 Å². The van der Waals surface area contributed by atoms with Crippen LogP contribution >= 0.6 is 11.3 Å². The van der Waals surface area contributed by atoms with Crippen LogP contribution in [0.1, 0.15) is 96.6 Å². The average molecular weight is 745 g/mol. The fourth-order valence-electron chi connectivity index (χ4n) is 8.97. The lowest BCUT2D eigenvalue weighted by Crippen LogP contribution is -2.61. The van der Waals surface area contributed by atoms with E-state index in [1.54, 1.807) is 0 Å². The lowest BCUT2D eigenvalue weighted by Gasteiger charge is -2.44. The molecule has 0 unspecified atom stereocenters. The molecule has 0 amide bonds. The molecule has 0 saturated carbocycles. The van der Waals surface area contributed by atoms with Crippen LogP contribution in [0.4, 0.5) is 33.4 Å². The fourth-order valence-corrected chi connectivity index (χ4v) is 10.2. The maximum absolute atomic E-state index is 6.47. The minimum absolute atomic E-state index is 0.00813. The number of anilines is 6. The summed E-state index contributed by atoms with van der Waals surface area (Å²) in [4.78, 5) is 5.10. The van der Waals surface area contributed by atoms with Gasteiger partial charge in [0, 0.05) is 39.4 Å². The molecule has 0 bridgehead atoms. The van der Waals surface area contributed by atoms with Crippen LogP contribution in [0.2, 0.25) is 0 Å². The minimum Gasteiger partial charge on any atom is -0.490 e. The first-order chi connectivity index (χ1) is 26.0. The number of aryl methyl sites for hydroxylation is 1. The van der Waals surface area contributed by atoms with Gasteiger partial charge in [0.05, 0.1) is 23.9 Å². The van der Waals surface area contributed by atoms with Gasteiger partial charge in [-0.3, -0.25) is 0 Å². The lowest BCUT2D eigenvalue weighted by atomic mass is 9.33. The third-order valence-corrected chi connectivity index (χ3v) is 13.2. The van der Waals surface area contributed by atoms with Crippen LogP contribution in [0.25, 0.3) is 10.1 Å². The number of thiophene rings is 1. The number of hydrogen-bond donors (Lipinski definition) is 0. The van der Waals surface area contributed by atoms with Gasteiger partial charge in [-0.25, -0.2) is 0 Å². The standard InChI is InChI=1S/C49H53BN2O2S/c1-29-26-40-45(54-25-13-24-53-40)30(2)44(29)52-39-15-12-14-38-43(39)50(42-35-27-32(48(6,7)8)19-23-41(35)55-46(42)52)36-28-33(49(9,10)11)18-22-37(36)51(38)34-20-16-31(17-21-34)47(3,4)5/h12,14-23,26-28H,13,24-25H2,1-11H3. The van der Waals surface area contributed by atoms with E-state index in [-0.39, 0.29) is 23.0 Å². The zero-order chi connectivity index (χ0) is 38.8. The Labute approximate surface area is 332 Å². The predicted octanol–water partition coefficient (Wildman–Crippen LogP) is 11.7. The van der Waals surface area contributed by atoms with Crippen molar-refractivity contribution in [2.45, 2.75) is 98.8 Å². The van der Waals surface area contributed by atoms with Gasteiger partial charge in [-0.05, 0) is 117 Å². The van der Waals surface area contributed by atoms with E-state index in [1.165, 1.54) is 82.2 Å². The summed E-state index contributed by atoms with van der Waals surface area (Å²) in [5.41, 5.74) is 16.6. The zero-order valence-electron chi connectivity index (χ0n) is 34.4. The summed E-state index contributed by atoms with van der Waals surface area (Å²) in [6, 6.07) is 32.9. The van der Waals surface area contributed by atoms with E-state index in [1.807, 2.05) is 11.3 Å². The second-order valence-electron chi connectivity index (χ2n) is 19.0. The van der Waals surface area contributed by atoms with Crippen LogP contribution in [0, 0.1) is 13.8 Å². The highest BCUT2D eigenvalue weighted by molar-refractivity contribution is 7.26. The molecule has 3 aliphatic rings. The molecule has 5 aromatic carbocycles. The Morgan fingerprint density at radius 3 is 1.93 bits per heavy atom. The maximum Gasteiger partial charge on any atom is 0.254 e. The normalized spacial score (nSPS) is 15.1. The van der Waals surface area contributed by atoms with Crippen molar-refractivity contribution < 1.29 is 9.47 Å². The smallest absolute Gasteiger partial charge is 0.254 e. The maximum atomic E-state index is 6.47. The third-order valence-electron chi connectivity index (χ3n) is 12.0. The van der Waals surface area contributed by atoms with E-state index >= 15 is 0 Å². The molecule has 0 radical (unpaired) electrons. The SMILES string of the molecule is Cc1cc2c(c(C)c1N1c3cccc4c3B(c3cc(C(C)(C)C)ccc3N4c3ccc(C(C)(C)C)cc3)c3c1sc1ccc(C(C)(C)C)cc31)OCCCO2. The van der Waals surface area contributed by atoms with Crippen molar-refractivity contribution in [3.8, 4) is 11.5 Å². The van der Waals surface area contributed by atoms with Gasteiger partial charge in [-0.1, -0.05) is 105 Å². The van der Waals surface area contributed by atoms with E-state index in [2.05, 4.69) is 171 Å². The largest absolute Gasteiger partial charge is 0.490 e. The number of fused-ring (bicyclic) bond motifs is 7. The first-order valence-electron chi connectivity index (χ1n) is 20.0. The quantitative estimate of drug-likeness (QED) is 0.165. The Kier molecular flexibility index (Phi) is 8.12. The van der Waals surface area contributed by atoms with E-state index in [0.717, 1.165) is 23.5 Å². The second-order valence-corrected chi connectivity index (χ2v) is 20.0. The second kappa shape index (κ2) is 12.4. The van der Waals surface area contributed by atoms with Crippen molar-refractivity contribution in [3.05, 3.63) is 113 Å². The van der Waals surface area contributed by atoms with Crippen molar-refractivity contribution in [1.29, 1.82) is 0 Å². The van der Waals surface area contributed by atoms with Gasteiger partial charge in [0.15, 0.2) is 11.5 Å². The molecule has 4 nitrogen and oxygen atoms in total. The summed E-state index contributed by atoms with van der Waals surface area (Å²) in [5, 5.41) is 2.63. The molecule has 6 heteroatoms. The Morgan fingerprint density at radius 1 is 0.618 bits per heavy atom. The molecule has 55 heavy (non-hydrogen) atoms. The number of benzene rings is 5. The first-order valence-corrected chi connectivity index (χ1v) is 20.8. The topological polar surface area (TPSA) is 24.9 Å². The molecule has 0 fully saturated rings. The van der Waals surface area contributed by atoms with E-state index in [0.29, 0.717) is 13.2 Å². The molecule has 1 aromatic heterocycles. The number of hydrogen-bond acceptors (Lipinski definition) is 5. The van der Waals surface area contributed by atoms with Gasteiger partial charge in [0.2, 0.25) is 0 Å². The van der Waals surface area contributed by atoms with Gasteiger partial charge in [-0.15, -0.1) is 11.3 Å².